The Labute approximate surface area is 360 Å². The second kappa shape index (κ2) is 32.5. The van der Waals surface area contributed by atoms with E-state index in [4.69, 9.17) is 14.9 Å². The summed E-state index contributed by atoms with van der Waals surface area (Å²) in [5.41, 5.74) is 0.547. The number of aliphatic hydroxyl groups is 2. The van der Waals surface area contributed by atoms with Crippen molar-refractivity contribution >= 4 is 41.7 Å². The van der Waals surface area contributed by atoms with E-state index in [1.54, 1.807) is 19.0 Å². The Morgan fingerprint density at radius 1 is 0.883 bits per heavy atom. The molecule has 3 aliphatic rings. The Hall–Kier alpha value is -4.21. The SMILES string of the molecule is CC.CC(=O)CNC(=O)C(=O)C(C)NC(=O)C1CCCN1C.CC(C(=O)N(C)C)c1ccccc1.CC(C)(C)OC(=O)NC(C=O)C1CCCCC1.CC1CCC1.OCO. The molecule has 3 fully saturated rings. The van der Waals surface area contributed by atoms with Gasteiger partial charge in [0.25, 0.3) is 5.91 Å². The molecule has 2 saturated carbocycles. The zero-order chi connectivity index (χ0) is 46.4. The third-order valence-electron chi connectivity index (χ3n) is 9.79. The highest BCUT2D eigenvalue weighted by Gasteiger charge is 2.31. The molecule has 4 unspecified atom stereocenters. The molecule has 1 saturated heterocycles. The Kier molecular flexibility index (Phi) is 31.4. The number of alkyl carbamates (subject to hydrolysis) is 1. The van der Waals surface area contributed by atoms with Gasteiger partial charge in [-0.2, -0.15) is 0 Å². The van der Waals surface area contributed by atoms with Crippen molar-refractivity contribution < 1.29 is 48.5 Å². The molecule has 1 aromatic carbocycles. The topological polar surface area (TPSA) is 212 Å². The fourth-order valence-electron chi connectivity index (χ4n) is 6.19. The lowest BCUT2D eigenvalue weighted by molar-refractivity contribution is -0.140. The highest BCUT2D eigenvalue weighted by atomic mass is 16.6. The van der Waals surface area contributed by atoms with Crippen molar-refractivity contribution in [3.8, 4) is 0 Å². The fraction of sp³-hybridized carbons (Fsp3) is 0.711. The van der Waals surface area contributed by atoms with E-state index in [2.05, 4.69) is 22.9 Å². The van der Waals surface area contributed by atoms with E-state index in [-0.39, 0.29) is 42.0 Å². The largest absolute Gasteiger partial charge is 0.444 e. The van der Waals surface area contributed by atoms with Gasteiger partial charge in [-0.15, -0.1) is 0 Å². The summed E-state index contributed by atoms with van der Waals surface area (Å²) in [6.07, 6.45) is 12.0. The molecule has 1 heterocycles. The predicted octanol–water partition coefficient (Wildman–Crippen LogP) is 5.16. The molecular formula is C45H79N5O10. The normalized spacial score (nSPS) is 17.5. The summed E-state index contributed by atoms with van der Waals surface area (Å²) in [6.45, 7) is 16.3. The predicted molar refractivity (Wildman–Crippen MR) is 235 cm³/mol. The molecule has 0 aromatic heterocycles. The number of aldehydes is 1. The van der Waals surface area contributed by atoms with Gasteiger partial charge in [-0.05, 0) is 98.2 Å². The monoisotopic (exact) mass is 850 g/mol. The van der Waals surface area contributed by atoms with Crippen LogP contribution < -0.4 is 16.0 Å². The number of ketones is 2. The molecule has 0 spiro atoms. The molecular weight excluding hydrogens is 771 g/mol. The van der Waals surface area contributed by atoms with Crippen molar-refractivity contribution in [2.45, 2.75) is 156 Å². The number of ether oxygens (including phenoxy) is 1. The standard InChI is InChI=1S/C13H21N3O4.C13H23NO3.C11H15NO.C5H10.C2H6.CH4O2/c1-8(17)7-14-13(20)11(18)9(2)15-12(19)10-5-4-6-16(10)3;1-13(2,3)17-12(16)14-11(9-15)10-7-5-4-6-8-10;1-9(11(13)12(2)3)10-7-5-4-6-8-10;1-5-3-2-4-5;1-2;2-1-3/h9-10H,4-7H2,1-3H3,(H,14,20)(H,15,19);9-11H,4-8H2,1-3H3,(H,14,16);4-9H,1-3H3;5H,2-4H2,1H3;1-2H3;2-3H,1H2. The van der Waals surface area contributed by atoms with Crippen LogP contribution in [-0.4, -0.2) is 126 Å². The average Bonchev–Trinajstić information content (AvgIpc) is 3.64. The van der Waals surface area contributed by atoms with Gasteiger partial charge in [0.05, 0.1) is 30.6 Å². The molecule has 2 aliphatic carbocycles. The van der Waals surface area contributed by atoms with E-state index in [0.29, 0.717) is 0 Å². The number of amides is 4. The van der Waals surface area contributed by atoms with Crippen LogP contribution in [0.15, 0.2) is 30.3 Å². The van der Waals surface area contributed by atoms with E-state index >= 15 is 0 Å². The van der Waals surface area contributed by atoms with Crippen LogP contribution in [0.3, 0.4) is 0 Å². The Morgan fingerprint density at radius 2 is 1.42 bits per heavy atom. The average molecular weight is 850 g/mol. The Balaban J connectivity index is 0. The summed E-state index contributed by atoms with van der Waals surface area (Å²) < 4.78 is 5.15. The zero-order valence-electron chi connectivity index (χ0n) is 38.7. The number of rotatable bonds is 11. The smallest absolute Gasteiger partial charge is 0.408 e. The second-order valence-electron chi connectivity index (χ2n) is 16.4. The summed E-state index contributed by atoms with van der Waals surface area (Å²) in [4.78, 5) is 83.6. The van der Waals surface area contributed by atoms with Gasteiger partial charge >= 0.3 is 6.09 Å². The summed E-state index contributed by atoms with van der Waals surface area (Å²) in [5, 5.41) is 21.7. The van der Waals surface area contributed by atoms with Gasteiger partial charge in [-0.25, -0.2) is 4.79 Å². The van der Waals surface area contributed by atoms with Crippen molar-refractivity contribution in [3.63, 3.8) is 0 Å². The lowest BCUT2D eigenvalue weighted by Crippen LogP contribution is -2.51. The van der Waals surface area contributed by atoms with E-state index < -0.39 is 42.3 Å². The number of aliphatic hydroxyl groups excluding tert-OH is 1. The summed E-state index contributed by atoms with van der Waals surface area (Å²) in [5.74, 6) is -0.653. The lowest BCUT2D eigenvalue weighted by atomic mass is 9.84. The van der Waals surface area contributed by atoms with Gasteiger partial charge in [0.15, 0.2) is 0 Å². The van der Waals surface area contributed by atoms with Crippen LogP contribution in [0.1, 0.15) is 138 Å². The maximum atomic E-state index is 12.0. The van der Waals surface area contributed by atoms with Gasteiger partial charge in [-0.3, -0.25) is 28.9 Å². The molecule has 15 nitrogen and oxygen atoms in total. The first kappa shape index (κ1) is 57.9. The highest BCUT2D eigenvalue weighted by Crippen LogP contribution is 2.26. The number of carbonyl (C=O) groups is 7. The second-order valence-corrected chi connectivity index (χ2v) is 16.4. The van der Waals surface area contributed by atoms with Gasteiger partial charge in [-0.1, -0.05) is 89.6 Å². The fourth-order valence-corrected chi connectivity index (χ4v) is 6.19. The molecule has 60 heavy (non-hydrogen) atoms. The first-order valence-electron chi connectivity index (χ1n) is 21.4. The maximum absolute atomic E-state index is 12.0. The third-order valence-corrected chi connectivity index (χ3v) is 9.79. The van der Waals surface area contributed by atoms with Gasteiger partial charge < -0.3 is 40.6 Å². The van der Waals surface area contributed by atoms with Gasteiger partial charge in [0.1, 0.15) is 24.5 Å². The van der Waals surface area contributed by atoms with Crippen LogP contribution in [0.5, 0.6) is 0 Å². The summed E-state index contributed by atoms with van der Waals surface area (Å²) in [6, 6.07) is 8.28. The van der Waals surface area contributed by atoms with Crippen LogP contribution in [0.25, 0.3) is 0 Å². The van der Waals surface area contributed by atoms with Crippen LogP contribution in [0.4, 0.5) is 4.79 Å². The number of Topliss-reactive ketones (excluding diaryl/α,β-unsaturated/α-hetero) is 2. The van der Waals surface area contributed by atoms with Crippen molar-refractivity contribution in [2.75, 3.05) is 41.0 Å². The lowest BCUT2D eigenvalue weighted by Gasteiger charge is -2.28. The van der Waals surface area contributed by atoms with Gasteiger partial charge in [0.2, 0.25) is 17.6 Å². The summed E-state index contributed by atoms with van der Waals surface area (Å²) in [7, 11) is 5.41. The first-order chi connectivity index (χ1) is 28.2. The molecule has 4 atom stereocenters. The molecule has 15 heteroatoms. The van der Waals surface area contributed by atoms with E-state index in [1.165, 1.54) is 39.5 Å². The van der Waals surface area contributed by atoms with E-state index in [0.717, 1.165) is 62.8 Å². The van der Waals surface area contributed by atoms with Crippen LogP contribution >= 0.6 is 0 Å². The van der Waals surface area contributed by atoms with E-state index in [1.807, 2.05) is 83.8 Å². The van der Waals surface area contributed by atoms with Crippen molar-refractivity contribution in [1.29, 1.82) is 0 Å². The number of nitrogens with one attached hydrogen (secondary N) is 3. The zero-order valence-corrected chi connectivity index (χ0v) is 38.7. The number of likely N-dealkylation sites (N-methyl/N-ethyl adjacent to an activating group) is 2. The number of hydrogen-bond donors (Lipinski definition) is 5. The van der Waals surface area contributed by atoms with E-state index in [9.17, 15) is 33.6 Å². The van der Waals surface area contributed by atoms with Crippen LogP contribution in [-0.2, 0) is 33.5 Å². The molecule has 1 aromatic rings. The van der Waals surface area contributed by atoms with Gasteiger partial charge in [0, 0.05) is 14.1 Å². The number of likely N-dealkylation sites (tertiary alicyclic amines) is 1. The van der Waals surface area contributed by atoms with Crippen molar-refractivity contribution in [3.05, 3.63) is 35.9 Å². The van der Waals surface area contributed by atoms with Crippen LogP contribution in [0.2, 0.25) is 0 Å². The van der Waals surface area contributed by atoms with Crippen molar-refractivity contribution in [1.82, 2.24) is 25.8 Å². The Morgan fingerprint density at radius 3 is 1.82 bits per heavy atom. The summed E-state index contributed by atoms with van der Waals surface area (Å²) >= 11 is 0. The molecule has 4 amide bonds. The maximum Gasteiger partial charge on any atom is 0.408 e. The molecule has 0 radical (unpaired) electrons. The number of benzene rings is 1. The molecule has 344 valence electrons. The molecule has 1 aliphatic heterocycles. The quantitative estimate of drug-likeness (QED) is 0.112. The Bertz CT molecular complexity index is 1390. The molecule has 5 N–H and O–H groups in total. The molecule has 0 bridgehead atoms. The first-order valence-corrected chi connectivity index (χ1v) is 21.4. The number of nitrogens with zero attached hydrogens (tertiary/aromatic N) is 2. The minimum Gasteiger partial charge on any atom is -0.444 e. The third kappa shape index (κ3) is 26.1. The van der Waals surface area contributed by atoms with Crippen molar-refractivity contribution in [2.24, 2.45) is 11.8 Å². The number of hydrogen-bond acceptors (Lipinski definition) is 11. The minimum absolute atomic E-state index is 0.0452. The highest BCUT2D eigenvalue weighted by molar-refractivity contribution is 6.38. The molecule has 4 rings (SSSR count). The number of carbonyl (C=O) groups excluding carboxylic acids is 7. The minimum atomic E-state index is -0.900. The van der Waals surface area contributed by atoms with Crippen LogP contribution in [0, 0.1) is 11.8 Å².